The normalized spacial score (nSPS) is 17.2. The molecule has 2 fully saturated rings. The molecule has 3 heteroatoms. The van der Waals surface area contributed by atoms with Gasteiger partial charge in [0.1, 0.15) is 0 Å². The Hall–Kier alpha value is -0.747. The summed E-state index contributed by atoms with van der Waals surface area (Å²) in [5.41, 5.74) is 9.01. The fourth-order valence-electron chi connectivity index (χ4n) is 5.82. The van der Waals surface area contributed by atoms with Crippen molar-refractivity contribution in [3.05, 3.63) is 89.0 Å². The first-order chi connectivity index (χ1) is 14.9. The van der Waals surface area contributed by atoms with Gasteiger partial charge < -0.3 is 24.8 Å². The first-order valence-corrected chi connectivity index (χ1v) is 12.2. The number of fused-ring (bicyclic) bond motifs is 3. The maximum absolute atomic E-state index is 3.84. The van der Waals surface area contributed by atoms with Gasteiger partial charge >= 0.3 is 26.2 Å². The van der Waals surface area contributed by atoms with E-state index in [0.717, 1.165) is 18.3 Å². The maximum Gasteiger partial charge on any atom is 4.00 e. The van der Waals surface area contributed by atoms with Gasteiger partial charge in [-0.1, -0.05) is 62.3 Å². The minimum Gasteiger partial charge on any atom is -1.00 e. The van der Waals surface area contributed by atoms with Crippen LogP contribution in [-0.2, 0) is 32.6 Å². The van der Waals surface area contributed by atoms with E-state index in [2.05, 4.69) is 36.4 Å². The fourth-order valence-corrected chi connectivity index (χ4v) is 5.82. The summed E-state index contributed by atoms with van der Waals surface area (Å²) >= 11 is 0. The molecule has 0 aromatic heterocycles. The smallest absolute Gasteiger partial charge is 1.00 e. The van der Waals surface area contributed by atoms with Gasteiger partial charge in [-0.15, -0.1) is 11.1 Å². The summed E-state index contributed by atoms with van der Waals surface area (Å²) < 4.78 is 0. The summed E-state index contributed by atoms with van der Waals surface area (Å²) in [5.74, 6) is 1.57. The molecule has 0 N–H and O–H groups in total. The number of hydrogen-bond acceptors (Lipinski definition) is 0. The van der Waals surface area contributed by atoms with Crippen molar-refractivity contribution in [2.45, 2.75) is 82.5 Å². The van der Waals surface area contributed by atoms with Crippen molar-refractivity contribution < 1.29 is 51.0 Å². The molecule has 0 heterocycles. The van der Waals surface area contributed by atoms with E-state index in [9.17, 15) is 0 Å². The maximum atomic E-state index is 3.84. The predicted octanol–water partition coefficient (Wildman–Crippen LogP) is 2.56. The van der Waals surface area contributed by atoms with E-state index in [1.54, 1.807) is 11.1 Å². The molecule has 0 amide bonds. The molecule has 0 unspecified atom stereocenters. The third-order valence-electron chi connectivity index (χ3n) is 7.51. The molecule has 2 saturated carbocycles. The van der Waals surface area contributed by atoms with Crippen LogP contribution in [-0.4, -0.2) is 0 Å². The zero-order chi connectivity index (χ0) is 20.2. The molecule has 3 aromatic rings. The number of rotatable bonds is 2. The Morgan fingerprint density at radius 2 is 1.30 bits per heavy atom. The van der Waals surface area contributed by atoms with Crippen molar-refractivity contribution in [1.82, 2.24) is 0 Å². The molecule has 0 bridgehead atoms. The SMILES string of the molecule is [Cl-].[Cl-].[Zr+4].[c-]1c(C2CCCCC2)ccc2c1Cc1cc(C3CCCCC3)ccc1-2.c1cc[cH-]c1. The van der Waals surface area contributed by atoms with Crippen LogP contribution in [0.25, 0.3) is 11.1 Å². The van der Waals surface area contributed by atoms with E-state index >= 15 is 0 Å². The fraction of sp³-hybridized carbons (Fsp3) is 0.433. The molecule has 0 atom stereocenters. The molecular weight excluding hydrogens is 522 g/mol. The van der Waals surface area contributed by atoms with Crippen molar-refractivity contribution >= 4 is 0 Å². The minimum atomic E-state index is 0. The molecule has 172 valence electrons. The van der Waals surface area contributed by atoms with Gasteiger partial charge in [0.25, 0.3) is 0 Å². The number of halogens is 2. The van der Waals surface area contributed by atoms with E-state index in [-0.39, 0.29) is 51.0 Å². The second-order valence-electron chi connectivity index (χ2n) is 9.53. The van der Waals surface area contributed by atoms with Crippen LogP contribution in [0.15, 0.2) is 60.7 Å². The van der Waals surface area contributed by atoms with Gasteiger partial charge in [0.15, 0.2) is 0 Å². The van der Waals surface area contributed by atoms with Gasteiger partial charge in [0.2, 0.25) is 0 Å². The molecule has 3 aliphatic rings. The quantitative estimate of drug-likeness (QED) is 0.333. The van der Waals surface area contributed by atoms with E-state index in [1.807, 2.05) is 30.3 Å². The van der Waals surface area contributed by atoms with Crippen LogP contribution in [0.4, 0.5) is 0 Å². The average Bonchev–Trinajstić information content (AvgIpc) is 3.51. The molecule has 6 rings (SSSR count). The van der Waals surface area contributed by atoms with Crippen LogP contribution in [0.3, 0.4) is 0 Å². The van der Waals surface area contributed by atoms with Crippen molar-refractivity contribution in [3.63, 3.8) is 0 Å². The van der Waals surface area contributed by atoms with Gasteiger partial charge in [0, 0.05) is 0 Å². The minimum absolute atomic E-state index is 0. The molecule has 33 heavy (non-hydrogen) atoms. The Labute approximate surface area is 232 Å². The zero-order valence-electron chi connectivity index (χ0n) is 19.5. The summed E-state index contributed by atoms with van der Waals surface area (Å²) in [4.78, 5) is 0. The first kappa shape index (κ1) is 28.5. The van der Waals surface area contributed by atoms with Crippen LogP contribution >= 0.6 is 0 Å². The molecule has 3 aromatic carbocycles. The average molecular weight is 557 g/mol. The Morgan fingerprint density at radius 3 is 1.91 bits per heavy atom. The number of hydrogen-bond donors (Lipinski definition) is 0. The second-order valence-corrected chi connectivity index (χ2v) is 9.53. The van der Waals surface area contributed by atoms with Crippen LogP contribution in [0.5, 0.6) is 0 Å². The van der Waals surface area contributed by atoms with Crippen LogP contribution in [0.1, 0.15) is 98.3 Å². The van der Waals surface area contributed by atoms with Crippen molar-refractivity contribution in [2.24, 2.45) is 0 Å². The Bertz CT molecular complexity index is 869. The number of benzene rings is 2. The predicted molar refractivity (Wildman–Crippen MR) is 127 cm³/mol. The zero-order valence-corrected chi connectivity index (χ0v) is 23.4. The topological polar surface area (TPSA) is 0 Å². The third-order valence-corrected chi connectivity index (χ3v) is 7.51. The Kier molecular flexibility index (Phi) is 12.1. The molecule has 0 aliphatic heterocycles. The van der Waals surface area contributed by atoms with E-state index in [1.165, 1.54) is 86.5 Å². The second kappa shape index (κ2) is 14.0. The van der Waals surface area contributed by atoms with Gasteiger partial charge in [-0.05, 0) is 55.1 Å². The van der Waals surface area contributed by atoms with Gasteiger partial charge in [-0.25, -0.2) is 12.1 Å². The molecule has 0 spiro atoms. The van der Waals surface area contributed by atoms with Crippen molar-refractivity contribution in [1.29, 1.82) is 0 Å². The summed E-state index contributed by atoms with van der Waals surface area (Å²) in [6.07, 6.45) is 15.1. The van der Waals surface area contributed by atoms with Crippen molar-refractivity contribution in [2.75, 3.05) is 0 Å². The third kappa shape index (κ3) is 6.90. The summed E-state index contributed by atoms with van der Waals surface area (Å²) in [6, 6.07) is 26.0. The molecule has 0 saturated heterocycles. The van der Waals surface area contributed by atoms with Gasteiger partial charge in [0.05, 0.1) is 0 Å². The van der Waals surface area contributed by atoms with Crippen LogP contribution in [0.2, 0.25) is 0 Å². The van der Waals surface area contributed by atoms with E-state index < -0.39 is 0 Å². The van der Waals surface area contributed by atoms with Gasteiger partial charge in [-0.3, -0.25) is 0 Å². The van der Waals surface area contributed by atoms with Crippen molar-refractivity contribution in [3.8, 4) is 11.1 Å². The summed E-state index contributed by atoms with van der Waals surface area (Å²) in [5, 5.41) is 0. The largest absolute Gasteiger partial charge is 4.00 e. The molecule has 0 radical (unpaired) electrons. The van der Waals surface area contributed by atoms with Crippen LogP contribution in [0, 0.1) is 6.07 Å². The monoisotopic (exact) mass is 554 g/mol. The molecular formula is C30H34Cl2Zr. The summed E-state index contributed by atoms with van der Waals surface area (Å²) in [7, 11) is 0. The Balaban J connectivity index is 0.000000431. The Morgan fingerprint density at radius 1 is 0.697 bits per heavy atom. The first-order valence-electron chi connectivity index (χ1n) is 12.2. The molecule has 3 aliphatic carbocycles. The summed E-state index contributed by atoms with van der Waals surface area (Å²) in [6.45, 7) is 0. The van der Waals surface area contributed by atoms with E-state index in [0.29, 0.717) is 0 Å². The van der Waals surface area contributed by atoms with Crippen LogP contribution < -0.4 is 24.8 Å². The molecule has 0 nitrogen and oxygen atoms in total. The van der Waals surface area contributed by atoms with E-state index in [4.69, 9.17) is 0 Å². The van der Waals surface area contributed by atoms with Gasteiger partial charge in [-0.2, -0.15) is 42.0 Å². The standard InChI is InChI=1S/C25H29.C5H5.2ClH.Zr/c1-3-7-18(8-4-1)20-11-13-24-22(15-20)17-23-16-21(12-14-25(23)24)19-9-5-2-6-10-19;1-2-4-5-3-1;;;/h11-15,18-19H,1-10,17H2;1-5H;2*1H;/q2*-1;;;+4/p-2.